The van der Waals surface area contributed by atoms with Crippen LogP contribution in [-0.2, 0) is 10.0 Å². The predicted molar refractivity (Wildman–Crippen MR) is 105 cm³/mol. The summed E-state index contributed by atoms with van der Waals surface area (Å²) in [7, 11) is 0.532. The molecule has 2 N–H and O–H groups in total. The molecule has 0 aliphatic rings. The van der Waals surface area contributed by atoms with Gasteiger partial charge in [-0.1, -0.05) is 6.07 Å². The van der Waals surface area contributed by atoms with Crippen molar-refractivity contribution in [2.75, 3.05) is 37.2 Å². The molecule has 0 radical (unpaired) electrons. The summed E-state index contributed by atoms with van der Waals surface area (Å²) in [4.78, 5) is 2.42. The van der Waals surface area contributed by atoms with E-state index in [-0.39, 0.29) is 4.90 Å². The number of hydrogen-bond acceptors (Lipinski definition) is 4. The van der Waals surface area contributed by atoms with E-state index >= 15 is 0 Å². The minimum absolute atomic E-state index is 0.279. The normalized spacial score (nSPS) is 11.6. The first-order valence-electron chi connectivity index (χ1n) is 8.37. The van der Waals surface area contributed by atoms with Crippen molar-refractivity contribution >= 4 is 21.4 Å². The van der Waals surface area contributed by atoms with E-state index in [4.69, 9.17) is 0 Å². The smallest absolute Gasteiger partial charge is 0.261 e. The Morgan fingerprint density at radius 3 is 2.16 bits per heavy atom. The van der Waals surface area contributed by atoms with Gasteiger partial charge in [0.15, 0.2) is 0 Å². The standard InChI is InChI=1S/C19H27N3O2S/c1-15-6-11-19(14-16(15)2)25(23,24)21-18-9-7-17(8-10-18)20-12-5-13-22(3)4/h6-11,14,20-21H,5,12-13H2,1-4H3. The summed E-state index contributed by atoms with van der Waals surface area (Å²) >= 11 is 0. The second-order valence-corrected chi connectivity index (χ2v) is 8.19. The first-order chi connectivity index (χ1) is 11.8. The molecule has 0 aliphatic heterocycles. The van der Waals surface area contributed by atoms with Crippen LogP contribution in [-0.4, -0.2) is 40.5 Å². The first kappa shape index (κ1) is 19.3. The zero-order chi connectivity index (χ0) is 18.4. The summed E-state index contributed by atoms with van der Waals surface area (Å²) in [5.41, 5.74) is 3.56. The number of aryl methyl sites for hydroxylation is 2. The SMILES string of the molecule is Cc1ccc(S(=O)(=O)Nc2ccc(NCCCN(C)C)cc2)cc1C. The van der Waals surface area contributed by atoms with E-state index in [2.05, 4.69) is 29.0 Å². The summed E-state index contributed by atoms with van der Waals surface area (Å²) in [6.07, 6.45) is 1.05. The Kier molecular flexibility index (Phi) is 6.45. The highest BCUT2D eigenvalue weighted by Gasteiger charge is 2.14. The largest absolute Gasteiger partial charge is 0.385 e. The summed E-state index contributed by atoms with van der Waals surface area (Å²) in [5.74, 6) is 0. The van der Waals surface area contributed by atoms with E-state index in [1.165, 1.54) is 0 Å². The first-order valence-corrected chi connectivity index (χ1v) is 9.85. The predicted octanol–water partition coefficient (Wildman–Crippen LogP) is 3.47. The molecule has 5 nitrogen and oxygen atoms in total. The highest BCUT2D eigenvalue weighted by Crippen LogP contribution is 2.20. The molecule has 2 aromatic carbocycles. The lowest BCUT2D eigenvalue weighted by Gasteiger charge is -2.12. The van der Waals surface area contributed by atoms with E-state index in [1.54, 1.807) is 24.3 Å². The number of nitrogens with one attached hydrogen (secondary N) is 2. The molecular formula is C19H27N3O2S. The van der Waals surface area contributed by atoms with Gasteiger partial charge in [-0.05, 0) is 88.4 Å². The zero-order valence-electron chi connectivity index (χ0n) is 15.3. The van der Waals surface area contributed by atoms with Crippen LogP contribution in [0.4, 0.5) is 11.4 Å². The van der Waals surface area contributed by atoms with Crippen molar-refractivity contribution < 1.29 is 8.42 Å². The summed E-state index contributed by atoms with van der Waals surface area (Å²) < 4.78 is 27.6. The number of anilines is 2. The summed E-state index contributed by atoms with van der Waals surface area (Å²) in [5, 5.41) is 3.33. The fourth-order valence-electron chi connectivity index (χ4n) is 2.38. The Hall–Kier alpha value is -2.05. The molecule has 2 aromatic rings. The van der Waals surface area contributed by atoms with Crippen LogP contribution in [0.1, 0.15) is 17.5 Å². The Morgan fingerprint density at radius 1 is 0.920 bits per heavy atom. The van der Waals surface area contributed by atoms with Crippen LogP contribution in [0.15, 0.2) is 47.4 Å². The maximum absolute atomic E-state index is 12.5. The lowest BCUT2D eigenvalue weighted by Crippen LogP contribution is -2.16. The topological polar surface area (TPSA) is 61.4 Å². The van der Waals surface area contributed by atoms with Gasteiger partial charge in [0, 0.05) is 17.9 Å². The van der Waals surface area contributed by atoms with Gasteiger partial charge >= 0.3 is 0 Å². The molecule has 2 rings (SSSR count). The Balaban J connectivity index is 1.99. The second-order valence-electron chi connectivity index (χ2n) is 6.51. The van der Waals surface area contributed by atoms with Crippen LogP contribution in [0.25, 0.3) is 0 Å². The second kappa shape index (κ2) is 8.36. The number of benzene rings is 2. The minimum Gasteiger partial charge on any atom is -0.385 e. The van der Waals surface area contributed by atoms with Gasteiger partial charge in [0.05, 0.1) is 4.90 Å². The number of sulfonamides is 1. The van der Waals surface area contributed by atoms with Gasteiger partial charge < -0.3 is 10.2 Å². The average Bonchev–Trinajstić information content (AvgIpc) is 2.55. The van der Waals surface area contributed by atoms with Gasteiger partial charge in [0.25, 0.3) is 10.0 Å². The molecule has 0 bridgehead atoms. The number of hydrogen-bond donors (Lipinski definition) is 2. The lowest BCUT2D eigenvalue weighted by molar-refractivity contribution is 0.405. The van der Waals surface area contributed by atoms with E-state index in [9.17, 15) is 8.42 Å². The maximum Gasteiger partial charge on any atom is 0.261 e. The zero-order valence-corrected chi connectivity index (χ0v) is 16.2. The van der Waals surface area contributed by atoms with Crippen molar-refractivity contribution in [1.82, 2.24) is 4.90 Å². The van der Waals surface area contributed by atoms with E-state index in [1.807, 2.05) is 32.0 Å². The van der Waals surface area contributed by atoms with Crippen molar-refractivity contribution in [3.8, 4) is 0 Å². The van der Waals surface area contributed by atoms with E-state index in [0.717, 1.165) is 36.3 Å². The van der Waals surface area contributed by atoms with Gasteiger partial charge in [-0.3, -0.25) is 4.72 Å². The minimum atomic E-state index is -3.57. The summed E-state index contributed by atoms with van der Waals surface area (Å²) in [6.45, 7) is 5.78. The fraction of sp³-hybridized carbons (Fsp3) is 0.368. The Labute approximate surface area is 151 Å². The van der Waals surface area contributed by atoms with E-state index in [0.29, 0.717) is 5.69 Å². The van der Waals surface area contributed by atoms with Gasteiger partial charge in [-0.25, -0.2) is 8.42 Å². The highest BCUT2D eigenvalue weighted by atomic mass is 32.2. The van der Waals surface area contributed by atoms with Crippen molar-refractivity contribution in [3.63, 3.8) is 0 Å². The van der Waals surface area contributed by atoms with Gasteiger partial charge in [0.1, 0.15) is 0 Å². The van der Waals surface area contributed by atoms with Crippen LogP contribution in [0.2, 0.25) is 0 Å². The lowest BCUT2D eigenvalue weighted by atomic mass is 10.1. The van der Waals surface area contributed by atoms with Gasteiger partial charge in [0.2, 0.25) is 0 Å². The van der Waals surface area contributed by atoms with Crippen molar-refractivity contribution in [1.29, 1.82) is 0 Å². The number of rotatable bonds is 8. The van der Waals surface area contributed by atoms with Gasteiger partial charge in [-0.15, -0.1) is 0 Å². The van der Waals surface area contributed by atoms with Crippen molar-refractivity contribution in [2.45, 2.75) is 25.2 Å². The molecule has 0 spiro atoms. The average molecular weight is 362 g/mol. The maximum atomic E-state index is 12.5. The quantitative estimate of drug-likeness (QED) is 0.707. The highest BCUT2D eigenvalue weighted by molar-refractivity contribution is 7.92. The fourth-order valence-corrected chi connectivity index (χ4v) is 3.52. The van der Waals surface area contributed by atoms with Crippen LogP contribution < -0.4 is 10.0 Å². The molecule has 0 unspecified atom stereocenters. The Morgan fingerprint density at radius 2 is 1.56 bits per heavy atom. The molecule has 0 atom stereocenters. The molecule has 0 heterocycles. The molecule has 0 amide bonds. The van der Waals surface area contributed by atoms with Crippen LogP contribution in [0.3, 0.4) is 0 Å². The number of nitrogens with zero attached hydrogens (tertiary/aromatic N) is 1. The molecule has 136 valence electrons. The molecule has 0 aliphatic carbocycles. The van der Waals surface area contributed by atoms with Crippen LogP contribution >= 0.6 is 0 Å². The third kappa shape index (κ3) is 5.76. The third-order valence-electron chi connectivity index (χ3n) is 4.04. The molecule has 0 aromatic heterocycles. The molecular weight excluding hydrogens is 334 g/mol. The molecule has 0 saturated carbocycles. The van der Waals surface area contributed by atoms with E-state index < -0.39 is 10.0 Å². The molecule has 0 fully saturated rings. The Bertz CT molecular complexity index is 800. The monoisotopic (exact) mass is 361 g/mol. The molecule has 6 heteroatoms. The van der Waals surface area contributed by atoms with Crippen LogP contribution in [0.5, 0.6) is 0 Å². The van der Waals surface area contributed by atoms with Gasteiger partial charge in [-0.2, -0.15) is 0 Å². The van der Waals surface area contributed by atoms with Crippen molar-refractivity contribution in [3.05, 3.63) is 53.6 Å². The van der Waals surface area contributed by atoms with Crippen molar-refractivity contribution in [2.24, 2.45) is 0 Å². The third-order valence-corrected chi connectivity index (χ3v) is 5.42. The molecule has 25 heavy (non-hydrogen) atoms. The van der Waals surface area contributed by atoms with Crippen LogP contribution in [0, 0.1) is 13.8 Å². The molecule has 0 saturated heterocycles. The summed E-state index contributed by atoms with van der Waals surface area (Å²) in [6, 6.07) is 12.5.